The summed E-state index contributed by atoms with van der Waals surface area (Å²) in [5, 5.41) is 0. The molecule has 0 aliphatic heterocycles. The van der Waals surface area contributed by atoms with Crippen LogP contribution in [-0.2, 0) is 15.8 Å². The molecule has 1 aromatic heterocycles. The van der Waals surface area contributed by atoms with E-state index in [2.05, 4.69) is 13.2 Å². The third-order valence-electron chi connectivity index (χ3n) is 4.25. The molecule has 3 rings (SSSR count). The van der Waals surface area contributed by atoms with Crippen LogP contribution in [-0.4, -0.2) is 11.9 Å². The van der Waals surface area contributed by atoms with Crippen molar-refractivity contribution in [2.45, 2.75) is 13.1 Å². The van der Waals surface area contributed by atoms with Crippen molar-refractivity contribution in [3.63, 3.8) is 0 Å². The molecule has 8 heteroatoms. The Morgan fingerprint density at radius 3 is 2.09 bits per heavy atom. The van der Waals surface area contributed by atoms with Gasteiger partial charge in [0.2, 0.25) is 0 Å². The van der Waals surface area contributed by atoms with Gasteiger partial charge in [0.05, 0.1) is 5.56 Å². The normalized spacial score (nSPS) is 11.0. The molecule has 0 aliphatic rings. The van der Waals surface area contributed by atoms with Crippen molar-refractivity contribution in [1.82, 2.24) is 0 Å². The van der Waals surface area contributed by atoms with Gasteiger partial charge in [0.25, 0.3) is 0 Å². The highest BCUT2D eigenvalue weighted by Gasteiger charge is 2.35. The number of esters is 2. The number of carbonyl (C=O) groups excluding carboxylic acids is 2. The van der Waals surface area contributed by atoms with Crippen LogP contribution in [0.3, 0.4) is 0 Å². The molecular formula is C24H17F3O5. The largest absolute Gasteiger partial charge is 0.456 e. The minimum Gasteiger partial charge on any atom is -0.456 e. The summed E-state index contributed by atoms with van der Waals surface area (Å²) in [6.45, 7) is 8.21. The molecule has 1 heterocycles. The minimum absolute atomic E-state index is 0.147. The summed E-state index contributed by atoms with van der Waals surface area (Å²) >= 11 is 0. The fourth-order valence-electron chi connectivity index (χ4n) is 2.67. The Morgan fingerprint density at radius 2 is 1.53 bits per heavy atom. The molecule has 0 aliphatic carbocycles. The molecule has 0 radical (unpaired) electrons. The second kappa shape index (κ2) is 8.97. The van der Waals surface area contributed by atoms with Crippen molar-refractivity contribution in [2.75, 3.05) is 0 Å². The van der Waals surface area contributed by atoms with Crippen LogP contribution in [0.5, 0.6) is 11.5 Å². The third-order valence-corrected chi connectivity index (χ3v) is 4.25. The zero-order valence-electron chi connectivity index (χ0n) is 16.9. The number of hydrogen-bond donors (Lipinski definition) is 0. The Bertz CT molecular complexity index is 1190. The van der Waals surface area contributed by atoms with Crippen LogP contribution in [0.1, 0.15) is 12.5 Å². The molecule has 0 bridgehead atoms. The average Bonchev–Trinajstić information content (AvgIpc) is 3.23. The van der Waals surface area contributed by atoms with Crippen LogP contribution < -0.4 is 9.47 Å². The molecule has 0 unspecified atom stereocenters. The van der Waals surface area contributed by atoms with Crippen LogP contribution in [0, 0.1) is 0 Å². The molecule has 0 atom stereocenters. The third kappa shape index (κ3) is 5.15. The molecule has 0 amide bonds. The molecule has 5 nitrogen and oxygen atoms in total. The van der Waals surface area contributed by atoms with Gasteiger partial charge in [-0.25, -0.2) is 9.59 Å². The van der Waals surface area contributed by atoms with Gasteiger partial charge in [-0.15, -0.1) is 0 Å². The van der Waals surface area contributed by atoms with E-state index in [9.17, 15) is 22.8 Å². The first-order chi connectivity index (χ1) is 15.1. The van der Waals surface area contributed by atoms with E-state index in [1.165, 1.54) is 19.1 Å². The zero-order chi connectivity index (χ0) is 23.5. The topological polar surface area (TPSA) is 65.7 Å². The van der Waals surface area contributed by atoms with Crippen LogP contribution in [0.15, 0.2) is 83.8 Å². The lowest BCUT2D eigenvalue weighted by atomic mass is 10.1. The van der Waals surface area contributed by atoms with Gasteiger partial charge in [-0.2, -0.15) is 13.2 Å². The quantitative estimate of drug-likeness (QED) is 0.258. The van der Waals surface area contributed by atoms with E-state index >= 15 is 0 Å². The molecule has 0 spiro atoms. The molecule has 32 heavy (non-hydrogen) atoms. The van der Waals surface area contributed by atoms with Gasteiger partial charge in [-0.1, -0.05) is 13.2 Å². The SMILES string of the molecule is C=CC(=O)Oc1ccc(-c2ccc(-c3ccc(OC(=O)C(=C)C)cc3)o2)cc1C(F)(F)F. The fourth-order valence-corrected chi connectivity index (χ4v) is 2.67. The molecule has 0 saturated heterocycles. The summed E-state index contributed by atoms with van der Waals surface area (Å²) in [6.07, 6.45) is -3.98. The maximum atomic E-state index is 13.5. The van der Waals surface area contributed by atoms with Gasteiger partial charge in [-0.3, -0.25) is 0 Å². The lowest BCUT2D eigenvalue weighted by Gasteiger charge is -2.13. The van der Waals surface area contributed by atoms with Crippen molar-refractivity contribution in [3.05, 3.63) is 85.0 Å². The summed E-state index contributed by atoms with van der Waals surface area (Å²) < 4.78 is 55.9. The lowest BCUT2D eigenvalue weighted by molar-refractivity contribution is -0.141. The zero-order valence-corrected chi connectivity index (χ0v) is 16.9. The second-order valence-corrected chi connectivity index (χ2v) is 6.69. The molecule has 0 fully saturated rings. The standard InChI is InChI=1S/C24H17F3O5/c1-4-22(28)32-21-10-7-16(13-18(21)24(25,26)27)20-12-11-19(31-20)15-5-8-17(9-6-15)30-23(29)14(2)3/h4-13H,1-2H2,3H3. The number of furan rings is 1. The number of hydrogen-bond acceptors (Lipinski definition) is 5. The minimum atomic E-state index is -4.75. The maximum absolute atomic E-state index is 13.5. The summed E-state index contributed by atoms with van der Waals surface area (Å²) in [5.74, 6) is -1.29. The molecule has 3 aromatic rings. The van der Waals surface area contributed by atoms with Crippen molar-refractivity contribution in [1.29, 1.82) is 0 Å². The van der Waals surface area contributed by atoms with Crippen LogP contribution >= 0.6 is 0 Å². The Hall–Kier alpha value is -4.07. The number of halogens is 3. The first kappa shape index (κ1) is 22.6. The first-order valence-corrected chi connectivity index (χ1v) is 9.22. The van der Waals surface area contributed by atoms with Gasteiger partial charge < -0.3 is 13.9 Å². The lowest BCUT2D eigenvalue weighted by Crippen LogP contribution is -2.11. The first-order valence-electron chi connectivity index (χ1n) is 9.22. The van der Waals surface area contributed by atoms with Crippen molar-refractivity contribution >= 4 is 11.9 Å². The summed E-state index contributed by atoms with van der Waals surface area (Å²) in [6, 6.07) is 12.8. The number of benzene rings is 2. The number of rotatable bonds is 6. The van der Waals surface area contributed by atoms with Gasteiger partial charge in [-0.05, 0) is 61.5 Å². The monoisotopic (exact) mass is 442 g/mol. The fraction of sp³-hybridized carbons (Fsp3) is 0.0833. The Balaban J connectivity index is 1.87. The highest BCUT2D eigenvalue weighted by molar-refractivity contribution is 5.88. The van der Waals surface area contributed by atoms with E-state index in [0.717, 1.165) is 18.2 Å². The predicted molar refractivity (Wildman–Crippen MR) is 111 cm³/mol. The average molecular weight is 442 g/mol. The number of carbonyl (C=O) groups is 2. The molecule has 0 N–H and O–H groups in total. The summed E-state index contributed by atoms with van der Waals surface area (Å²) in [4.78, 5) is 22.9. The summed E-state index contributed by atoms with van der Waals surface area (Å²) in [5.41, 5.74) is -0.0898. The molecule has 2 aromatic carbocycles. The molecule has 0 saturated carbocycles. The Kier molecular flexibility index (Phi) is 6.34. The molecular weight excluding hydrogens is 425 g/mol. The van der Waals surface area contributed by atoms with Crippen molar-refractivity contribution < 1.29 is 36.7 Å². The van der Waals surface area contributed by atoms with E-state index in [0.29, 0.717) is 17.1 Å². The highest BCUT2D eigenvalue weighted by Crippen LogP contribution is 2.40. The van der Waals surface area contributed by atoms with E-state index in [4.69, 9.17) is 13.9 Å². The van der Waals surface area contributed by atoms with E-state index in [1.807, 2.05) is 0 Å². The number of ether oxygens (including phenoxy) is 2. The summed E-state index contributed by atoms with van der Waals surface area (Å²) in [7, 11) is 0. The van der Waals surface area contributed by atoms with E-state index < -0.39 is 29.4 Å². The van der Waals surface area contributed by atoms with Gasteiger partial charge >= 0.3 is 18.1 Å². The van der Waals surface area contributed by atoms with Crippen LogP contribution in [0.4, 0.5) is 13.2 Å². The van der Waals surface area contributed by atoms with Crippen molar-refractivity contribution in [2.24, 2.45) is 0 Å². The Labute approximate surface area is 181 Å². The van der Waals surface area contributed by atoms with Gasteiger partial charge in [0.1, 0.15) is 23.0 Å². The smallest absolute Gasteiger partial charge is 0.420 e. The van der Waals surface area contributed by atoms with Gasteiger partial charge in [0, 0.05) is 22.8 Å². The van der Waals surface area contributed by atoms with E-state index in [-0.39, 0.29) is 16.9 Å². The van der Waals surface area contributed by atoms with Gasteiger partial charge in [0.15, 0.2) is 0 Å². The van der Waals surface area contributed by atoms with Crippen molar-refractivity contribution in [3.8, 4) is 34.1 Å². The van der Waals surface area contributed by atoms with Crippen LogP contribution in [0.25, 0.3) is 22.6 Å². The Morgan fingerprint density at radius 1 is 0.938 bits per heavy atom. The second-order valence-electron chi connectivity index (χ2n) is 6.69. The molecule has 164 valence electrons. The van der Waals surface area contributed by atoms with E-state index in [1.54, 1.807) is 30.3 Å². The number of alkyl halides is 3. The highest BCUT2D eigenvalue weighted by atomic mass is 19.4. The maximum Gasteiger partial charge on any atom is 0.420 e. The predicted octanol–water partition coefficient (Wildman–Crippen LogP) is 6.21. The van der Waals surface area contributed by atoms with Crippen LogP contribution in [0.2, 0.25) is 0 Å².